The molecule has 3 N–H and O–H groups in total. The van der Waals surface area contributed by atoms with Gasteiger partial charge in [-0.3, -0.25) is 4.79 Å². The first-order valence-corrected chi connectivity index (χ1v) is 8.93. The number of benzene rings is 3. The zero-order chi connectivity index (χ0) is 21.3. The second kappa shape index (κ2) is 7.56. The summed E-state index contributed by atoms with van der Waals surface area (Å²) in [7, 11) is 0. The van der Waals surface area contributed by atoms with E-state index in [1.54, 1.807) is 42.5 Å². The van der Waals surface area contributed by atoms with Gasteiger partial charge in [-0.1, -0.05) is 30.3 Å². The van der Waals surface area contributed by atoms with E-state index in [2.05, 4.69) is 5.32 Å². The monoisotopic (exact) mass is 401 g/mol. The molecule has 3 aromatic carbocycles. The van der Waals surface area contributed by atoms with Crippen LogP contribution in [-0.4, -0.2) is 22.1 Å². The van der Waals surface area contributed by atoms with Gasteiger partial charge < -0.3 is 19.9 Å². The summed E-state index contributed by atoms with van der Waals surface area (Å²) < 4.78 is 5.36. The zero-order valence-electron chi connectivity index (χ0n) is 15.5. The Labute approximate surface area is 169 Å². The quantitative estimate of drug-likeness (QED) is 0.443. The Kier molecular flexibility index (Phi) is 4.77. The van der Waals surface area contributed by atoms with E-state index >= 15 is 0 Å². The lowest BCUT2D eigenvalue weighted by atomic mass is 10.0. The Hall–Kier alpha value is -4.39. The summed E-state index contributed by atoms with van der Waals surface area (Å²) in [4.78, 5) is 36.0. The number of carboxylic acid groups (broad SMARTS) is 1. The van der Waals surface area contributed by atoms with Crippen LogP contribution >= 0.6 is 0 Å². The highest BCUT2D eigenvalue weighted by Gasteiger charge is 2.14. The van der Waals surface area contributed by atoms with E-state index in [0.717, 1.165) is 11.5 Å². The first kappa shape index (κ1) is 18.9. The van der Waals surface area contributed by atoms with Crippen LogP contribution in [0.15, 0.2) is 82.0 Å². The molecule has 0 saturated carbocycles. The molecule has 30 heavy (non-hydrogen) atoms. The lowest BCUT2D eigenvalue weighted by Crippen LogP contribution is -2.12. The van der Waals surface area contributed by atoms with Crippen molar-refractivity contribution in [2.24, 2.45) is 0 Å². The van der Waals surface area contributed by atoms with Crippen LogP contribution < -0.4 is 10.9 Å². The Morgan fingerprint density at radius 3 is 2.47 bits per heavy atom. The van der Waals surface area contributed by atoms with E-state index in [0.29, 0.717) is 16.7 Å². The lowest BCUT2D eigenvalue weighted by Gasteiger charge is -2.09. The van der Waals surface area contributed by atoms with Gasteiger partial charge in [0.2, 0.25) is 0 Å². The highest BCUT2D eigenvalue weighted by molar-refractivity contribution is 6.05. The largest absolute Gasteiger partial charge is 0.507 e. The molecule has 4 aromatic rings. The number of para-hydroxylation sites is 1. The van der Waals surface area contributed by atoms with Gasteiger partial charge in [0.15, 0.2) is 0 Å². The summed E-state index contributed by atoms with van der Waals surface area (Å²) in [5.74, 6) is -2.21. The molecule has 7 heteroatoms. The molecular formula is C23H15NO6. The van der Waals surface area contributed by atoms with Crippen molar-refractivity contribution in [2.45, 2.75) is 0 Å². The number of hydrogen-bond acceptors (Lipinski definition) is 5. The van der Waals surface area contributed by atoms with Gasteiger partial charge in [0.05, 0.1) is 5.56 Å². The minimum atomic E-state index is -1.27. The summed E-state index contributed by atoms with van der Waals surface area (Å²) in [6, 6.07) is 19.1. The van der Waals surface area contributed by atoms with Gasteiger partial charge in [-0.05, 0) is 42.0 Å². The van der Waals surface area contributed by atoms with Crippen LogP contribution in [0.3, 0.4) is 0 Å². The Balaban J connectivity index is 1.64. The predicted octanol–water partition coefficient (Wildman–Crippen LogP) is 4.12. The molecule has 7 nitrogen and oxygen atoms in total. The molecule has 1 aromatic heterocycles. The minimum absolute atomic E-state index is 0.234. The smallest absolute Gasteiger partial charge is 0.344 e. The maximum atomic E-state index is 12.6. The fourth-order valence-electron chi connectivity index (χ4n) is 3.08. The predicted molar refractivity (Wildman–Crippen MR) is 111 cm³/mol. The number of hydrogen-bond donors (Lipinski definition) is 3. The molecule has 0 aliphatic heterocycles. The van der Waals surface area contributed by atoms with E-state index in [-0.39, 0.29) is 16.8 Å². The Bertz CT molecular complexity index is 1360. The summed E-state index contributed by atoms with van der Waals surface area (Å²) in [6.07, 6.45) is 0. The molecule has 4 rings (SSSR count). The number of carboxylic acids is 1. The molecule has 0 unspecified atom stereocenters. The van der Waals surface area contributed by atoms with Crippen molar-refractivity contribution in [3.05, 3.63) is 94.3 Å². The third-order valence-corrected chi connectivity index (χ3v) is 4.56. The van der Waals surface area contributed by atoms with Gasteiger partial charge in [0.1, 0.15) is 16.9 Å². The van der Waals surface area contributed by atoms with Crippen LogP contribution in [0.5, 0.6) is 5.75 Å². The third-order valence-electron chi connectivity index (χ3n) is 4.56. The second-order valence-corrected chi connectivity index (χ2v) is 6.56. The maximum absolute atomic E-state index is 12.6. The number of carbonyl (C=O) groups is 2. The third kappa shape index (κ3) is 3.64. The fourth-order valence-corrected chi connectivity index (χ4v) is 3.08. The standard InChI is InChI=1S/C23H15NO6/c25-19-12-16(8-9-17(19)22(27)28)24-21(26)15-6-3-5-13(10-15)18-11-14-4-1-2-7-20(14)30-23(18)29/h1-12,25H,(H,24,26)(H,27,28). The van der Waals surface area contributed by atoms with Crippen LogP contribution in [0.2, 0.25) is 0 Å². The van der Waals surface area contributed by atoms with E-state index < -0.39 is 23.3 Å². The molecule has 1 heterocycles. The number of fused-ring (bicyclic) bond motifs is 1. The average Bonchev–Trinajstić information content (AvgIpc) is 2.73. The van der Waals surface area contributed by atoms with Gasteiger partial charge in [-0.2, -0.15) is 0 Å². The summed E-state index contributed by atoms with van der Waals surface area (Å²) in [5, 5.41) is 22.1. The van der Waals surface area contributed by atoms with Gasteiger partial charge in [-0.15, -0.1) is 0 Å². The fraction of sp³-hybridized carbons (Fsp3) is 0. The molecule has 148 valence electrons. The van der Waals surface area contributed by atoms with Crippen LogP contribution in [0, 0.1) is 0 Å². The van der Waals surface area contributed by atoms with E-state index in [4.69, 9.17) is 9.52 Å². The van der Waals surface area contributed by atoms with Crippen LogP contribution in [0.1, 0.15) is 20.7 Å². The maximum Gasteiger partial charge on any atom is 0.344 e. The van der Waals surface area contributed by atoms with Gasteiger partial charge >= 0.3 is 11.6 Å². The van der Waals surface area contributed by atoms with Crippen LogP contribution in [0.25, 0.3) is 22.1 Å². The van der Waals surface area contributed by atoms with E-state index in [9.17, 15) is 19.5 Å². The summed E-state index contributed by atoms with van der Waals surface area (Å²) in [5.41, 5.74) is 1.06. The number of aromatic hydroxyl groups is 1. The molecular weight excluding hydrogens is 386 g/mol. The van der Waals surface area contributed by atoms with Gasteiger partial charge in [0.25, 0.3) is 5.91 Å². The van der Waals surface area contributed by atoms with Gasteiger partial charge in [-0.25, -0.2) is 9.59 Å². The molecule has 0 atom stereocenters. The van der Waals surface area contributed by atoms with Crippen LogP contribution in [0.4, 0.5) is 5.69 Å². The normalized spacial score (nSPS) is 10.7. The van der Waals surface area contributed by atoms with Crippen molar-refractivity contribution in [3.63, 3.8) is 0 Å². The van der Waals surface area contributed by atoms with Crippen molar-refractivity contribution in [3.8, 4) is 16.9 Å². The number of carbonyl (C=O) groups excluding carboxylic acids is 1. The van der Waals surface area contributed by atoms with E-state index in [1.165, 1.54) is 12.1 Å². The molecule has 0 fully saturated rings. The highest BCUT2D eigenvalue weighted by atomic mass is 16.4. The van der Waals surface area contributed by atoms with Crippen molar-refractivity contribution >= 4 is 28.5 Å². The number of aromatic carboxylic acids is 1. The molecule has 0 spiro atoms. The zero-order valence-corrected chi connectivity index (χ0v) is 15.5. The number of anilines is 1. The molecule has 0 saturated heterocycles. The van der Waals surface area contributed by atoms with Crippen molar-refractivity contribution in [2.75, 3.05) is 5.32 Å². The highest BCUT2D eigenvalue weighted by Crippen LogP contribution is 2.24. The van der Waals surface area contributed by atoms with Crippen molar-refractivity contribution in [1.82, 2.24) is 0 Å². The number of nitrogens with one attached hydrogen (secondary N) is 1. The summed E-state index contributed by atoms with van der Waals surface area (Å²) >= 11 is 0. The lowest BCUT2D eigenvalue weighted by molar-refractivity contribution is 0.0693. The Morgan fingerprint density at radius 1 is 0.900 bits per heavy atom. The summed E-state index contributed by atoms with van der Waals surface area (Å²) in [6.45, 7) is 0. The molecule has 0 aliphatic carbocycles. The molecule has 1 amide bonds. The minimum Gasteiger partial charge on any atom is -0.507 e. The van der Waals surface area contributed by atoms with Gasteiger partial charge in [0, 0.05) is 22.7 Å². The van der Waals surface area contributed by atoms with E-state index in [1.807, 2.05) is 12.1 Å². The molecule has 0 bridgehead atoms. The first-order valence-electron chi connectivity index (χ1n) is 8.93. The van der Waals surface area contributed by atoms with Crippen LogP contribution in [-0.2, 0) is 0 Å². The number of rotatable bonds is 4. The molecule has 0 aliphatic rings. The Morgan fingerprint density at radius 2 is 1.70 bits per heavy atom. The average molecular weight is 401 g/mol. The van der Waals surface area contributed by atoms with Crippen molar-refractivity contribution < 1.29 is 24.2 Å². The topological polar surface area (TPSA) is 117 Å². The first-order chi connectivity index (χ1) is 14.4. The number of phenols is 1. The second-order valence-electron chi connectivity index (χ2n) is 6.56. The number of amides is 1. The SMILES string of the molecule is O=C(Nc1ccc(C(=O)O)c(O)c1)c1cccc(-c2cc3ccccc3oc2=O)c1. The van der Waals surface area contributed by atoms with Crippen molar-refractivity contribution in [1.29, 1.82) is 0 Å². The molecule has 0 radical (unpaired) electrons.